The monoisotopic (exact) mass is 273 g/mol. The quantitative estimate of drug-likeness (QED) is 0.859. The molecule has 20 heavy (non-hydrogen) atoms. The first-order chi connectivity index (χ1) is 9.47. The van der Waals surface area contributed by atoms with Crippen LogP contribution in [0.4, 0.5) is 0 Å². The predicted molar refractivity (Wildman–Crippen MR) is 76.3 cm³/mol. The van der Waals surface area contributed by atoms with Crippen LogP contribution >= 0.6 is 0 Å². The van der Waals surface area contributed by atoms with Crippen LogP contribution in [-0.2, 0) is 0 Å². The molecule has 0 aliphatic rings. The summed E-state index contributed by atoms with van der Waals surface area (Å²) in [5, 5.41) is 3.75. The van der Waals surface area contributed by atoms with Crippen LogP contribution in [-0.4, -0.2) is 34.5 Å². The molecule has 0 spiro atoms. The minimum Gasteiger partial charge on any atom is -0.341 e. The second kappa shape index (κ2) is 5.86. The second-order valence-corrected chi connectivity index (χ2v) is 5.30. The fourth-order valence-corrected chi connectivity index (χ4v) is 2.02. The third kappa shape index (κ3) is 3.23. The van der Waals surface area contributed by atoms with E-state index in [0.717, 1.165) is 12.1 Å². The van der Waals surface area contributed by atoms with Crippen LogP contribution < -0.4 is 0 Å². The van der Waals surface area contributed by atoms with E-state index in [1.165, 1.54) is 0 Å². The van der Waals surface area contributed by atoms with Gasteiger partial charge in [-0.25, -0.2) is 0 Å². The van der Waals surface area contributed by atoms with E-state index in [1.807, 2.05) is 19.2 Å². The molecule has 0 aliphatic heterocycles. The highest BCUT2D eigenvalue weighted by atomic mass is 16.5. The largest absolute Gasteiger partial charge is 0.341 e. The maximum absolute atomic E-state index is 12.2. The van der Waals surface area contributed by atoms with Crippen molar-refractivity contribution >= 4 is 5.91 Å². The SMILES string of the molecule is Cc1noc(-c2ccc(C(=O)N(C)CC(C)C)cc2)n1. The molecular weight excluding hydrogens is 254 g/mol. The predicted octanol–water partition coefficient (Wildman–Crippen LogP) is 2.77. The van der Waals surface area contributed by atoms with Crippen molar-refractivity contribution in [3.05, 3.63) is 35.7 Å². The summed E-state index contributed by atoms with van der Waals surface area (Å²) in [5.41, 5.74) is 1.47. The normalized spacial score (nSPS) is 10.8. The van der Waals surface area contributed by atoms with Gasteiger partial charge in [0.05, 0.1) is 0 Å². The number of benzene rings is 1. The molecule has 0 atom stereocenters. The highest BCUT2D eigenvalue weighted by Crippen LogP contribution is 2.18. The summed E-state index contributed by atoms with van der Waals surface area (Å²) in [4.78, 5) is 18.1. The number of aromatic nitrogens is 2. The molecule has 1 aromatic heterocycles. The van der Waals surface area contributed by atoms with Gasteiger partial charge in [0.25, 0.3) is 11.8 Å². The standard InChI is InChI=1S/C15H19N3O2/c1-10(2)9-18(4)15(19)13-7-5-12(6-8-13)14-16-11(3)17-20-14/h5-8,10H,9H2,1-4H3. The zero-order valence-electron chi connectivity index (χ0n) is 12.3. The van der Waals surface area contributed by atoms with Gasteiger partial charge in [0.15, 0.2) is 5.82 Å². The van der Waals surface area contributed by atoms with Gasteiger partial charge in [-0.1, -0.05) is 19.0 Å². The summed E-state index contributed by atoms with van der Waals surface area (Å²) in [6, 6.07) is 7.22. The van der Waals surface area contributed by atoms with E-state index in [9.17, 15) is 4.79 Å². The number of carbonyl (C=O) groups is 1. The van der Waals surface area contributed by atoms with Gasteiger partial charge in [0, 0.05) is 24.7 Å². The first kappa shape index (κ1) is 14.2. The molecule has 1 amide bonds. The molecule has 0 unspecified atom stereocenters. The molecule has 106 valence electrons. The summed E-state index contributed by atoms with van der Waals surface area (Å²) in [6.45, 7) is 6.69. The van der Waals surface area contributed by atoms with E-state index in [1.54, 1.807) is 24.0 Å². The van der Waals surface area contributed by atoms with Gasteiger partial charge < -0.3 is 9.42 Å². The number of hydrogen-bond donors (Lipinski definition) is 0. The zero-order valence-corrected chi connectivity index (χ0v) is 12.3. The van der Waals surface area contributed by atoms with Crippen LogP contribution in [0.3, 0.4) is 0 Å². The lowest BCUT2D eigenvalue weighted by molar-refractivity contribution is 0.0779. The molecule has 1 heterocycles. The average Bonchev–Trinajstić information content (AvgIpc) is 2.84. The van der Waals surface area contributed by atoms with Crippen molar-refractivity contribution in [1.82, 2.24) is 15.0 Å². The van der Waals surface area contributed by atoms with Gasteiger partial charge in [-0.15, -0.1) is 0 Å². The van der Waals surface area contributed by atoms with E-state index in [0.29, 0.717) is 23.2 Å². The summed E-state index contributed by atoms with van der Waals surface area (Å²) in [7, 11) is 1.82. The number of carbonyl (C=O) groups excluding carboxylic acids is 1. The van der Waals surface area contributed by atoms with E-state index < -0.39 is 0 Å². The Hall–Kier alpha value is -2.17. The van der Waals surface area contributed by atoms with Crippen LogP contribution in [0, 0.1) is 12.8 Å². The van der Waals surface area contributed by atoms with Crippen molar-refractivity contribution in [3.8, 4) is 11.5 Å². The van der Waals surface area contributed by atoms with E-state index in [-0.39, 0.29) is 5.91 Å². The van der Waals surface area contributed by atoms with Crippen molar-refractivity contribution in [2.75, 3.05) is 13.6 Å². The Bertz CT molecular complexity index is 587. The molecule has 0 fully saturated rings. The van der Waals surface area contributed by atoms with Gasteiger partial charge in [-0.3, -0.25) is 4.79 Å². The third-order valence-electron chi connectivity index (χ3n) is 2.89. The Morgan fingerprint density at radius 2 is 1.95 bits per heavy atom. The topological polar surface area (TPSA) is 59.2 Å². The number of aryl methyl sites for hydroxylation is 1. The fraction of sp³-hybridized carbons (Fsp3) is 0.400. The molecule has 0 saturated carbocycles. The number of amides is 1. The summed E-state index contributed by atoms with van der Waals surface area (Å²) in [5.74, 6) is 1.53. The van der Waals surface area contributed by atoms with Gasteiger partial charge in [-0.05, 0) is 37.1 Å². The first-order valence-corrected chi connectivity index (χ1v) is 6.63. The molecule has 0 N–H and O–H groups in total. The van der Waals surface area contributed by atoms with Gasteiger partial charge in [-0.2, -0.15) is 4.98 Å². The maximum atomic E-state index is 12.2. The molecule has 0 aliphatic carbocycles. The van der Waals surface area contributed by atoms with Gasteiger partial charge in [0.1, 0.15) is 0 Å². The Labute approximate surface area is 118 Å². The van der Waals surface area contributed by atoms with Crippen molar-refractivity contribution < 1.29 is 9.32 Å². The Balaban J connectivity index is 2.14. The molecule has 5 nitrogen and oxygen atoms in total. The third-order valence-corrected chi connectivity index (χ3v) is 2.89. The second-order valence-electron chi connectivity index (χ2n) is 5.30. The highest BCUT2D eigenvalue weighted by Gasteiger charge is 2.13. The fourth-order valence-electron chi connectivity index (χ4n) is 2.02. The van der Waals surface area contributed by atoms with Crippen molar-refractivity contribution in [3.63, 3.8) is 0 Å². The minimum atomic E-state index is 0.0203. The molecular formula is C15H19N3O2. The molecule has 0 bridgehead atoms. The lowest BCUT2D eigenvalue weighted by atomic mass is 10.1. The lowest BCUT2D eigenvalue weighted by Gasteiger charge is -2.19. The van der Waals surface area contributed by atoms with Crippen molar-refractivity contribution in [1.29, 1.82) is 0 Å². The van der Waals surface area contributed by atoms with Crippen molar-refractivity contribution in [2.45, 2.75) is 20.8 Å². The molecule has 1 aromatic carbocycles. The summed E-state index contributed by atoms with van der Waals surface area (Å²) < 4.78 is 5.09. The Morgan fingerprint density at radius 3 is 2.45 bits per heavy atom. The van der Waals surface area contributed by atoms with Crippen molar-refractivity contribution in [2.24, 2.45) is 5.92 Å². The minimum absolute atomic E-state index is 0.0203. The lowest BCUT2D eigenvalue weighted by Crippen LogP contribution is -2.30. The van der Waals surface area contributed by atoms with E-state index in [4.69, 9.17) is 4.52 Å². The molecule has 0 radical (unpaired) electrons. The van der Waals surface area contributed by atoms with Crippen LogP contribution in [0.25, 0.3) is 11.5 Å². The highest BCUT2D eigenvalue weighted by molar-refractivity contribution is 5.94. The zero-order chi connectivity index (χ0) is 14.7. The van der Waals surface area contributed by atoms with Crippen LogP contribution in [0.1, 0.15) is 30.0 Å². The smallest absolute Gasteiger partial charge is 0.257 e. The van der Waals surface area contributed by atoms with Gasteiger partial charge >= 0.3 is 0 Å². The van der Waals surface area contributed by atoms with E-state index >= 15 is 0 Å². The Kier molecular flexibility index (Phi) is 4.17. The van der Waals surface area contributed by atoms with Crippen LogP contribution in [0.5, 0.6) is 0 Å². The van der Waals surface area contributed by atoms with E-state index in [2.05, 4.69) is 24.0 Å². The first-order valence-electron chi connectivity index (χ1n) is 6.63. The summed E-state index contributed by atoms with van der Waals surface area (Å²) >= 11 is 0. The number of rotatable bonds is 4. The number of hydrogen-bond acceptors (Lipinski definition) is 4. The van der Waals surface area contributed by atoms with Crippen LogP contribution in [0.2, 0.25) is 0 Å². The molecule has 0 saturated heterocycles. The summed E-state index contributed by atoms with van der Waals surface area (Å²) in [6.07, 6.45) is 0. The molecule has 2 aromatic rings. The maximum Gasteiger partial charge on any atom is 0.257 e. The van der Waals surface area contributed by atoms with Crippen LogP contribution in [0.15, 0.2) is 28.8 Å². The number of nitrogens with zero attached hydrogens (tertiary/aromatic N) is 3. The molecule has 2 rings (SSSR count). The average molecular weight is 273 g/mol. The Morgan fingerprint density at radius 1 is 1.30 bits per heavy atom. The van der Waals surface area contributed by atoms with Gasteiger partial charge in [0.2, 0.25) is 0 Å². The molecule has 5 heteroatoms.